The number of hydrogen-bond donors (Lipinski definition) is 1. The van der Waals surface area contributed by atoms with E-state index in [9.17, 15) is 4.79 Å². The van der Waals surface area contributed by atoms with Gasteiger partial charge in [0.2, 0.25) is 0 Å². The van der Waals surface area contributed by atoms with Gasteiger partial charge in [-0.05, 0) is 19.8 Å². The largest absolute Gasteiger partial charge is 0.464 e. The molecule has 1 fully saturated rings. The smallest absolute Gasteiger partial charge is 0.416 e. The van der Waals surface area contributed by atoms with Gasteiger partial charge < -0.3 is 5.11 Å². The van der Waals surface area contributed by atoms with Gasteiger partial charge in [-0.25, -0.2) is 7.91 Å². The zero-order chi connectivity index (χ0) is 10.6. The Labute approximate surface area is 98.4 Å². The third kappa shape index (κ3) is 2.77. The van der Waals surface area contributed by atoms with Gasteiger partial charge in [-0.15, -0.1) is 5.92 Å². The highest BCUT2D eigenvalue weighted by atomic mass is 127. The molecule has 0 aromatic carbocycles. The van der Waals surface area contributed by atoms with E-state index in [0.717, 1.165) is 19.3 Å². The maximum absolute atomic E-state index is 10.8. The van der Waals surface area contributed by atoms with Crippen LogP contribution in [0, 0.1) is 17.8 Å². The zero-order valence-corrected chi connectivity index (χ0v) is 10.3. The van der Waals surface area contributed by atoms with Gasteiger partial charge in [0.15, 0.2) is 0 Å². The molecule has 0 bridgehead atoms. The molecule has 1 N–H and O–H groups in total. The molecular weight excluding hydrogens is 293 g/mol. The van der Waals surface area contributed by atoms with E-state index in [4.69, 9.17) is 5.11 Å². The second-order valence-corrected chi connectivity index (χ2v) is 4.49. The Morgan fingerprint density at radius 2 is 2.14 bits per heavy atom. The molecule has 14 heavy (non-hydrogen) atoms. The maximum atomic E-state index is 10.8. The third-order valence-corrected chi connectivity index (χ3v) is 3.66. The summed E-state index contributed by atoms with van der Waals surface area (Å²) >= 11 is 1.87. The zero-order valence-electron chi connectivity index (χ0n) is 8.16. The minimum absolute atomic E-state index is 0.0781. The van der Waals surface area contributed by atoms with Crippen molar-refractivity contribution in [2.24, 2.45) is 5.92 Å². The second-order valence-electron chi connectivity index (χ2n) is 3.45. The Bertz CT molecular complexity index is 269. The molecule has 0 spiro atoms. The number of rotatable bonds is 1. The quantitative estimate of drug-likeness (QED) is 0.460. The van der Waals surface area contributed by atoms with E-state index in [1.165, 1.54) is 9.53 Å². The van der Waals surface area contributed by atoms with Crippen LogP contribution < -0.4 is 0 Å². The van der Waals surface area contributed by atoms with Crippen molar-refractivity contribution in [2.75, 3.05) is 0 Å². The number of nitrogens with zero attached hydrogens (tertiary/aromatic N) is 1. The third-order valence-electron chi connectivity index (χ3n) is 2.53. The van der Waals surface area contributed by atoms with Gasteiger partial charge in [-0.2, -0.15) is 0 Å². The topological polar surface area (TPSA) is 40.5 Å². The van der Waals surface area contributed by atoms with Crippen LogP contribution in [0.25, 0.3) is 0 Å². The molecule has 78 valence electrons. The van der Waals surface area contributed by atoms with E-state index < -0.39 is 6.09 Å². The van der Waals surface area contributed by atoms with Gasteiger partial charge >= 0.3 is 6.09 Å². The Hall–Kier alpha value is -0.440. The molecule has 0 aromatic heterocycles. The molecule has 1 amide bonds. The summed E-state index contributed by atoms with van der Waals surface area (Å²) in [5, 5.41) is 8.89. The fraction of sp³-hybridized carbons (Fsp3) is 0.700. The molecule has 3 nitrogen and oxygen atoms in total. The summed E-state index contributed by atoms with van der Waals surface area (Å²) in [6, 6.07) is 0.0781. The summed E-state index contributed by atoms with van der Waals surface area (Å²) < 4.78 is 1.38. The number of amides is 1. The highest BCUT2D eigenvalue weighted by Crippen LogP contribution is 2.30. The lowest BCUT2D eigenvalue weighted by atomic mass is 9.85. The average molecular weight is 307 g/mol. The molecule has 0 saturated heterocycles. The van der Waals surface area contributed by atoms with E-state index in [0.29, 0.717) is 0 Å². The van der Waals surface area contributed by atoms with Crippen LogP contribution in [0.2, 0.25) is 0 Å². The highest BCUT2D eigenvalue weighted by molar-refractivity contribution is 14.1. The molecule has 1 saturated carbocycles. The molecule has 1 aliphatic carbocycles. The molecule has 1 aliphatic rings. The Kier molecular flexibility index (Phi) is 4.52. The average Bonchev–Trinajstić information content (AvgIpc) is 2.18. The summed E-state index contributed by atoms with van der Waals surface area (Å²) in [5.41, 5.74) is 0. The summed E-state index contributed by atoms with van der Waals surface area (Å²) in [4.78, 5) is 10.8. The Balaban J connectivity index is 2.70. The first-order valence-corrected chi connectivity index (χ1v) is 5.73. The molecule has 0 heterocycles. The first-order chi connectivity index (χ1) is 6.66. The lowest BCUT2D eigenvalue weighted by Crippen LogP contribution is -2.38. The van der Waals surface area contributed by atoms with Crippen LogP contribution in [-0.2, 0) is 0 Å². The monoisotopic (exact) mass is 307 g/mol. The van der Waals surface area contributed by atoms with Gasteiger partial charge in [0.25, 0.3) is 0 Å². The molecule has 1 rings (SSSR count). The van der Waals surface area contributed by atoms with Crippen LogP contribution in [0.5, 0.6) is 0 Å². The van der Waals surface area contributed by atoms with Gasteiger partial charge in [0, 0.05) is 5.92 Å². The minimum Gasteiger partial charge on any atom is -0.464 e. The Morgan fingerprint density at radius 1 is 1.50 bits per heavy atom. The maximum Gasteiger partial charge on any atom is 0.416 e. The number of carboxylic acid groups (broad SMARTS) is 1. The van der Waals surface area contributed by atoms with Crippen LogP contribution in [-0.4, -0.2) is 20.4 Å². The van der Waals surface area contributed by atoms with Crippen LogP contribution >= 0.6 is 22.9 Å². The molecule has 4 heteroatoms. The summed E-state index contributed by atoms with van der Waals surface area (Å²) in [7, 11) is 0. The van der Waals surface area contributed by atoms with E-state index in [1.54, 1.807) is 0 Å². The predicted molar refractivity (Wildman–Crippen MR) is 63.1 cm³/mol. The molecule has 0 radical (unpaired) electrons. The minimum atomic E-state index is -0.861. The van der Waals surface area contributed by atoms with Crippen LogP contribution in [0.4, 0.5) is 4.79 Å². The van der Waals surface area contributed by atoms with Gasteiger partial charge in [0.05, 0.1) is 28.9 Å². The number of carbonyl (C=O) groups is 1. The first-order valence-electron chi connectivity index (χ1n) is 4.77. The van der Waals surface area contributed by atoms with Crippen molar-refractivity contribution in [3.8, 4) is 11.8 Å². The van der Waals surface area contributed by atoms with E-state index >= 15 is 0 Å². The standard InChI is InChI=1S/C10H14INO2/c1-2-5-8-6-3-4-7-9(8)12(11)10(13)14/h8-9H,3-4,6-7H2,1H3,(H,13,14). The summed E-state index contributed by atoms with van der Waals surface area (Å²) in [5.74, 6) is 6.22. The predicted octanol–water partition coefficient (Wildman–Crippen LogP) is 2.90. The van der Waals surface area contributed by atoms with E-state index in [-0.39, 0.29) is 12.0 Å². The SMILES string of the molecule is CC#CC1CCCCC1N(I)C(=O)O. The summed E-state index contributed by atoms with van der Waals surface area (Å²) in [6.07, 6.45) is 3.38. The van der Waals surface area contributed by atoms with E-state index in [1.807, 2.05) is 29.8 Å². The second kappa shape index (κ2) is 5.44. The van der Waals surface area contributed by atoms with E-state index in [2.05, 4.69) is 11.8 Å². The first kappa shape index (κ1) is 11.6. The van der Waals surface area contributed by atoms with Crippen LogP contribution in [0.1, 0.15) is 32.6 Å². The Morgan fingerprint density at radius 3 is 2.71 bits per heavy atom. The lowest BCUT2D eigenvalue weighted by molar-refractivity contribution is 0.155. The number of halogens is 1. The summed E-state index contributed by atoms with van der Waals surface area (Å²) in [6.45, 7) is 1.81. The molecular formula is C10H14INO2. The van der Waals surface area contributed by atoms with Crippen LogP contribution in [0.15, 0.2) is 0 Å². The lowest BCUT2D eigenvalue weighted by Gasteiger charge is -2.32. The van der Waals surface area contributed by atoms with Gasteiger partial charge in [-0.3, -0.25) is 0 Å². The normalized spacial score (nSPS) is 26.1. The van der Waals surface area contributed by atoms with Crippen molar-refractivity contribution in [3.05, 3.63) is 0 Å². The van der Waals surface area contributed by atoms with Crippen molar-refractivity contribution in [1.82, 2.24) is 3.11 Å². The van der Waals surface area contributed by atoms with Crippen molar-refractivity contribution in [1.29, 1.82) is 0 Å². The van der Waals surface area contributed by atoms with Crippen LogP contribution in [0.3, 0.4) is 0 Å². The van der Waals surface area contributed by atoms with Gasteiger partial charge in [0.1, 0.15) is 0 Å². The molecule has 0 aromatic rings. The van der Waals surface area contributed by atoms with Crippen molar-refractivity contribution < 1.29 is 9.90 Å². The number of hydrogen-bond acceptors (Lipinski definition) is 1. The van der Waals surface area contributed by atoms with Crippen molar-refractivity contribution in [2.45, 2.75) is 38.6 Å². The highest BCUT2D eigenvalue weighted by Gasteiger charge is 2.30. The van der Waals surface area contributed by atoms with Crippen molar-refractivity contribution in [3.63, 3.8) is 0 Å². The van der Waals surface area contributed by atoms with Gasteiger partial charge in [-0.1, -0.05) is 18.8 Å². The fourth-order valence-electron chi connectivity index (χ4n) is 1.88. The molecule has 2 atom stereocenters. The van der Waals surface area contributed by atoms with Crippen molar-refractivity contribution >= 4 is 29.0 Å². The molecule has 2 unspecified atom stereocenters. The fourth-order valence-corrected chi connectivity index (χ4v) is 2.55. The molecule has 0 aliphatic heterocycles.